The predicted molar refractivity (Wildman–Crippen MR) is 105 cm³/mol. The van der Waals surface area contributed by atoms with E-state index in [4.69, 9.17) is 9.15 Å². The number of nitrogens with zero attached hydrogens (tertiary/aromatic N) is 5. The quantitative estimate of drug-likeness (QED) is 0.447. The number of ether oxygens (including phenoxy) is 1. The molecule has 0 fully saturated rings. The van der Waals surface area contributed by atoms with Crippen LogP contribution in [0.3, 0.4) is 0 Å². The zero-order valence-electron chi connectivity index (χ0n) is 15.0. The molecule has 0 aliphatic carbocycles. The lowest BCUT2D eigenvalue weighted by Crippen LogP contribution is -2.02. The summed E-state index contributed by atoms with van der Waals surface area (Å²) in [7, 11) is 1.64. The van der Waals surface area contributed by atoms with Crippen molar-refractivity contribution < 1.29 is 9.15 Å². The third-order valence-electron chi connectivity index (χ3n) is 3.97. The Kier molecular flexibility index (Phi) is 4.95. The van der Waals surface area contributed by atoms with E-state index in [0.717, 1.165) is 27.6 Å². The summed E-state index contributed by atoms with van der Waals surface area (Å²) in [6.07, 6.45) is 0. The van der Waals surface area contributed by atoms with Crippen LogP contribution in [0.5, 0.6) is 5.75 Å². The van der Waals surface area contributed by atoms with Crippen molar-refractivity contribution >= 4 is 23.1 Å². The molecule has 0 N–H and O–H groups in total. The minimum Gasteiger partial charge on any atom is -0.494 e. The number of benzene rings is 1. The van der Waals surface area contributed by atoms with Gasteiger partial charge in [-0.05, 0) is 53.4 Å². The summed E-state index contributed by atoms with van der Waals surface area (Å²) in [5.41, 5.74) is 2.79. The van der Waals surface area contributed by atoms with Gasteiger partial charge >= 0.3 is 0 Å². The lowest BCUT2D eigenvalue weighted by atomic mass is 10.2. The van der Waals surface area contributed by atoms with Gasteiger partial charge in [0.05, 0.1) is 17.7 Å². The molecular weight excluding hydrogens is 382 g/mol. The Bertz CT molecular complexity index is 1060. The lowest BCUT2D eigenvalue weighted by molar-refractivity contribution is 0.410. The maximum atomic E-state index is 5.80. The second-order valence-electron chi connectivity index (χ2n) is 5.84. The molecule has 4 rings (SSSR count). The predicted octanol–water partition coefficient (Wildman–Crippen LogP) is 4.30. The molecule has 0 unspecified atom stereocenters. The van der Waals surface area contributed by atoms with Gasteiger partial charge in [0.1, 0.15) is 17.2 Å². The number of thioether (sulfide) groups is 1. The molecule has 0 amide bonds. The number of tetrazole rings is 1. The molecule has 138 valence electrons. The fourth-order valence-electron chi connectivity index (χ4n) is 2.59. The van der Waals surface area contributed by atoms with E-state index >= 15 is 0 Å². The average Bonchev–Trinajstić information content (AvgIpc) is 3.41. The van der Waals surface area contributed by atoms with Crippen molar-refractivity contribution in [2.24, 2.45) is 0 Å². The van der Waals surface area contributed by atoms with E-state index in [1.807, 2.05) is 49.6 Å². The van der Waals surface area contributed by atoms with Crippen molar-refractivity contribution in [2.45, 2.75) is 24.8 Å². The van der Waals surface area contributed by atoms with Crippen LogP contribution in [-0.4, -0.2) is 32.3 Å². The molecule has 0 radical (unpaired) electrons. The summed E-state index contributed by atoms with van der Waals surface area (Å²) >= 11 is 3.11. The minimum absolute atomic E-state index is 0.606. The largest absolute Gasteiger partial charge is 0.494 e. The normalized spacial score (nSPS) is 11.1. The molecule has 1 aromatic carbocycles. The molecule has 0 saturated heterocycles. The maximum Gasteiger partial charge on any atom is 0.236 e. The summed E-state index contributed by atoms with van der Waals surface area (Å²) in [5, 5.41) is 14.8. The third-order valence-corrected chi connectivity index (χ3v) is 5.75. The van der Waals surface area contributed by atoms with Crippen LogP contribution < -0.4 is 4.74 Å². The summed E-state index contributed by atoms with van der Waals surface area (Å²) < 4.78 is 12.9. The van der Waals surface area contributed by atoms with Crippen molar-refractivity contribution in [1.29, 1.82) is 0 Å². The molecule has 0 aliphatic rings. The second kappa shape index (κ2) is 7.53. The van der Waals surface area contributed by atoms with Crippen molar-refractivity contribution in [2.75, 3.05) is 7.11 Å². The molecule has 4 aromatic rings. The monoisotopic (exact) mass is 399 g/mol. The van der Waals surface area contributed by atoms with E-state index in [1.54, 1.807) is 23.1 Å². The van der Waals surface area contributed by atoms with Gasteiger partial charge in [-0.3, -0.25) is 0 Å². The summed E-state index contributed by atoms with van der Waals surface area (Å²) in [5.74, 6) is 2.78. The van der Waals surface area contributed by atoms with Gasteiger partial charge < -0.3 is 9.15 Å². The zero-order valence-corrected chi connectivity index (χ0v) is 16.7. The number of oxazole rings is 1. The van der Waals surface area contributed by atoms with Crippen LogP contribution in [0.4, 0.5) is 0 Å². The van der Waals surface area contributed by atoms with Gasteiger partial charge in [-0.15, -0.1) is 16.4 Å². The number of methoxy groups -OCH3 is 1. The molecule has 0 aliphatic heterocycles. The van der Waals surface area contributed by atoms with Crippen LogP contribution >= 0.6 is 23.1 Å². The van der Waals surface area contributed by atoms with Gasteiger partial charge in [0.15, 0.2) is 0 Å². The van der Waals surface area contributed by atoms with E-state index < -0.39 is 0 Å². The molecule has 3 heterocycles. The first kappa shape index (κ1) is 17.7. The SMILES string of the molecule is COc1ccc(C)cc1-n1nnnc1SCc1nc(-c2cccs2)oc1C. The molecule has 0 spiro atoms. The van der Waals surface area contributed by atoms with Gasteiger partial charge in [0.25, 0.3) is 0 Å². The van der Waals surface area contributed by atoms with Crippen LogP contribution in [0, 0.1) is 13.8 Å². The maximum absolute atomic E-state index is 5.80. The molecule has 3 aromatic heterocycles. The fourth-order valence-corrected chi connectivity index (χ4v) is 4.12. The van der Waals surface area contributed by atoms with Gasteiger partial charge in [-0.2, -0.15) is 4.68 Å². The Hall–Kier alpha value is -2.65. The van der Waals surface area contributed by atoms with E-state index in [-0.39, 0.29) is 0 Å². The first-order valence-electron chi connectivity index (χ1n) is 8.22. The molecule has 0 atom stereocenters. The van der Waals surface area contributed by atoms with Crippen LogP contribution in [0.2, 0.25) is 0 Å². The number of aryl methyl sites for hydroxylation is 2. The van der Waals surface area contributed by atoms with Crippen molar-refractivity contribution in [3.8, 4) is 22.2 Å². The highest BCUT2D eigenvalue weighted by molar-refractivity contribution is 7.98. The first-order chi connectivity index (χ1) is 13.2. The first-order valence-corrected chi connectivity index (χ1v) is 10.1. The molecule has 27 heavy (non-hydrogen) atoms. The Labute approximate surface area is 164 Å². The third kappa shape index (κ3) is 3.60. The molecule has 9 heteroatoms. The number of aromatic nitrogens is 5. The van der Waals surface area contributed by atoms with E-state index in [9.17, 15) is 0 Å². The number of hydrogen-bond acceptors (Lipinski definition) is 8. The van der Waals surface area contributed by atoms with E-state index in [1.165, 1.54) is 11.8 Å². The fraction of sp³-hybridized carbons (Fsp3) is 0.222. The average molecular weight is 400 g/mol. The van der Waals surface area contributed by atoms with Crippen LogP contribution in [0.1, 0.15) is 17.0 Å². The number of thiophene rings is 1. The van der Waals surface area contributed by atoms with Crippen LogP contribution in [-0.2, 0) is 5.75 Å². The Morgan fingerprint density at radius 1 is 1.26 bits per heavy atom. The highest BCUT2D eigenvalue weighted by Crippen LogP contribution is 2.31. The van der Waals surface area contributed by atoms with Crippen LogP contribution in [0.15, 0.2) is 45.3 Å². The molecular formula is C18H17N5O2S2. The molecule has 0 saturated carbocycles. The zero-order chi connectivity index (χ0) is 18.8. The number of hydrogen-bond donors (Lipinski definition) is 0. The topological polar surface area (TPSA) is 78.9 Å². The highest BCUT2D eigenvalue weighted by atomic mass is 32.2. The minimum atomic E-state index is 0.606. The number of rotatable bonds is 6. The summed E-state index contributed by atoms with van der Waals surface area (Å²) in [6.45, 7) is 3.94. The molecule has 7 nitrogen and oxygen atoms in total. The smallest absolute Gasteiger partial charge is 0.236 e. The highest BCUT2D eigenvalue weighted by Gasteiger charge is 2.17. The van der Waals surface area contributed by atoms with Crippen molar-refractivity contribution in [3.63, 3.8) is 0 Å². The Morgan fingerprint density at radius 3 is 2.93 bits per heavy atom. The van der Waals surface area contributed by atoms with Gasteiger partial charge in [0, 0.05) is 5.75 Å². The van der Waals surface area contributed by atoms with Gasteiger partial charge in [0.2, 0.25) is 11.0 Å². The van der Waals surface area contributed by atoms with E-state index in [2.05, 4.69) is 20.5 Å². The Morgan fingerprint density at radius 2 is 2.15 bits per heavy atom. The summed E-state index contributed by atoms with van der Waals surface area (Å²) in [4.78, 5) is 5.64. The van der Waals surface area contributed by atoms with Crippen molar-refractivity contribution in [3.05, 3.63) is 52.7 Å². The van der Waals surface area contributed by atoms with Gasteiger partial charge in [-0.25, -0.2) is 4.98 Å². The van der Waals surface area contributed by atoms with E-state index in [0.29, 0.717) is 22.5 Å². The summed E-state index contributed by atoms with van der Waals surface area (Å²) in [6, 6.07) is 9.88. The second-order valence-corrected chi connectivity index (χ2v) is 7.73. The van der Waals surface area contributed by atoms with Crippen LogP contribution in [0.25, 0.3) is 16.5 Å². The standard InChI is InChI=1S/C18H17N5O2S2/c1-11-6-7-15(24-3)14(9-11)23-18(20-21-22-23)27-10-13-12(2)25-17(19-13)16-5-4-8-26-16/h4-9H,10H2,1-3H3. The van der Waals surface area contributed by atoms with Crippen molar-refractivity contribution in [1.82, 2.24) is 25.2 Å². The van der Waals surface area contributed by atoms with Gasteiger partial charge in [-0.1, -0.05) is 23.9 Å². The molecule has 0 bridgehead atoms. The Balaban J connectivity index is 1.58. The lowest BCUT2D eigenvalue weighted by Gasteiger charge is -2.10.